The molecule has 1 aliphatic heterocycles. The largest absolute Gasteiger partial charge is 0.493 e. The lowest BCUT2D eigenvalue weighted by molar-refractivity contribution is 0.177. The first-order chi connectivity index (χ1) is 16.0. The molecule has 0 bridgehead atoms. The summed E-state index contributed by atoms with van der Waals surface area (Å²) in [6.45, 7) is 5.23. The number of benzene rings is 3. The van der Waals surface area contributed by atoms with E-state index in [0.29, 0.717) is 18.1 Å². The number of methoxy groups -OCH3 is 1. The SMILES string of the molecule is COc1cc(C(=S)N2CCN(Cc3ccccc3)CC2)cc(Br)c1OCc1ccc(Br)cc1. The molecule has 0 radical (unpaired) electrons. The van der Waals surface area contributed by atoms with Crippen molar-refractivity contribution in [2.75, 3.05) is 33.3 Å². The zero-order valence-electron chi connectivity index (χ0n) is 18.5. The van der Waals surface area contributed by atoms with E-state index in [2.05, 4.69) is 72.0 Å². The molecule has 3 aromatic carbocycles. The minimum absolute atomic E-state index is 0.454. The maximum atomic E-state index is 6.08. The molecular weight excluding hydrogens is 564 g/mol. The predicted octanol–water partition coefficient (Wildman–Crippen LogP) is 6.29. The summed E-state index contributed by atoms with van der Waals surface area (Å²) >= 11 is 13.0. The topological polar surface area (TPSA) is 24.9 Å². The molecule has 172 valence electrons. The van der Waals surface area contributed by atoms with Gasteiger partial charge in [0.1, 0.15) is 11.6 Å². The summed E-state index contributed by atoms with van der Waals surface area (Å²) < 4.78 is 13.6. The third-order valence-corrected chi connectivity index (χ3v) is 7.29. The first-order valence-corrected chi connectivity index (χ1v) is 12.8. The van der Waals surface area contributed by atoms with Gasteiger partial charge < -0.3 is 14.4 Å². The highest BCUT2D eigenvalue weighted by atomic mass is 79.9. The maximum absolute atomic E-state index is 6.08. The summed E-state index contributed by atoms with van der Waals surface area (Å²) in [6, 6.07) is 22.7. The van der Waals surface area contributed by atoms with Gasteiger partial charge in [-0.3, -0.25) is 4.90 Å². The van der Waals surface area contributed by atoms with Gasteiger partial charge in [0.15, 0.2) is 11.5 Å². The van der Waals surface area contributed by atoms with Crippen LogP contribution in [0.1, 0.15) is 16.7 Å². The Kier molecular flexibility index (Phi) is 8.41. The second kappa shape index (κ2) is 11.5. The number of halogens is 2. The van der Waals surface area contributed by atoms with Crippen molar-refractivity contribution in [1.82, 2.24) is 9.80 Å². The molecule has 1 fully saturated rings. The van der Waals surface area contributed by atoms with Gasteiger partial charge in [-0.25, -0.2) is 0 Å². The summed E-state index contributed by atoms with van der Waals surface area (Å²) in [6.07, 6.45) is 0. The molecule has 3 aromatic rings. The Morgan fingerprint density at radius 3 is 2.27 bits per heavy atom. The van der Waals surface area contributed by atoms with Crippen molar-refractivity contribution < 1.29 is 9.47 Å². The molecule has 0 saturated carbocycles. The van der Waals surface area contributed by atoms with Crippen LogP contribution in [0.3, 0.4) is 0 Å². The maximum Gasteiger partial charge on any atom is 0.175 e. The van der Waals surface area contributed by atoms with Gasteiger partial charge in [0.25, 0.3) is 0 Å². The van der Waals surface area contributed by atoms with Crippen LogP contribution in [0.15, 0.2) is 75.7 Å². The van der Waals surface area contributed by atoms with Crippen LogP contribution in [-0.4, -0.2) is 48.1 Å². The van der Waals surface area contributed by atoms with Crippen molar-refractivity contribution in [3.8, 4) is 11.5 Å². The Hall–Kier alpha value is -1.93. The fourth-order valence-corrected chi connectivity index (χ4v) is 4.97. The minimum atomic E-state index is 0.454. The van der Waals surface area contributed by atoms with E-state index in [9.17, 15) is 0 Å². The van der Waals surface area contributed by atoms with Crippen molar-refractivity contribution in [3.05, 3.63) is 92.4 Å². The zero-order valence-corrected chi connectivity index (χ0v) is 22.5. The number of hydrogen-bond donors (Lipinski definition) is 0. The molecule has 0 N–H and O–H groups in total. The number of thiocarbonyl (C=S) groups is 1. The number of nitrogens with zero attached hydrogens (tertiary/aromatic N) is 2. The Labute approximate surface area is 217 Å². The molecule has 4 rings (SSSR count). The van der Waals surface area contributed by atoms with Crippen LogP contribution in [0.25, 0.3) is 0 Å². The van der Waals surface area contributed by atoms with E-state index in [-0.39, 0.29) is 0 Å². The second-order valence-corrected chi connectivity index (χ2v) is 10.1. The second-order valence-electron chi connectivity index (χ2n) is 7.96. The summed E-state index contributed by atoms with van der Waals surface area (Å²) in [5.74, 6) is 1.35. The van der Waals surface area contributed by atoms with Gasteiger partial charge >= 0.3 is 0 Å². The van der Waals surface area contributed by atoms with Crippen LogP contribution in [0.4, 0.5) is 0 Å². The van der Waals surface area contributed by atoms with E-state index in [0.717, 1.165) is 57.8 Å². The van der Waals surface area contributed by atoms with Crippen molar-refractivity contribution in [2.24, 2.45) is 0 Å². The fourth-order valence-electron chi connectivity index (χ4n) is 3.85. The van der Waals surface area contributed by atoms with E-state index in [4.69, 9.17) is 21.7 Å². The fraction of sp³-hybridized carbons (Fsp3) is 0.269. The molecular formula is C26H26Br2N2O2S. The van der Waals surface area contributed by atoms with Crippen LogP contribution in [0, 0.1) is 0 Å². The third kappa shape index (κ3) is 6.35. The molecule has 0 atom stereocenters. The molecule has 0 spiro atoms. The summed E-state index contributed by atoms with van der Waals surface area (Å²) in [4.78, 5) is 5.59. The van der Waals surface area contributed by atoms with Crippen LogP contribution < -0.4 is 9.47 Å². The standard InChI is InChI=1S/C26H26Br2N2O2S/c1-31-24-16-21(15-23(28)25(24)32-18-20-7-9-22(27)10-8-20)26(33)30-13-11-29(12-14-30)17-19-5-3-2-4-6-19/h2-10,15-16H,11-14,17-18H2,1H3. The highest BCUT2D eigenvalue weighted by Crippen LogP contribution is 2.37. The van der Waals surface area contributed by atoms with Crippen molar-refractivity contribution in [1.29, 1.82) is 0 Å². The van der Waals surface area contributed by atoms with Gasteiger partial charge in [0.2, 0.25) is 0 Å². The molecule has 4 nitrogen and oxygen atoms in total. The smallest absolute Gasteiger partial charge is 0.175 e. The average molecular weight is 590 g/mol. The number of piperazine rings is 1. The first-order valence-electron chi connectivity index (χ1n) is 10.8. The van der Waals surface area contributed by atoms with Crippen LogP contribution >= 0.6 is 44.1 Å². The normalized spacial score (nSPS) is 14.2. The molecule has 1 saturated heterocycles. The van der Waals surface area contributed by atoms with Gasteiger partial charge in [0, 0.05) is 42.8 Å². The van der Waals surface area contributed by atoms with E-state index >= 15 is 0 Å². The number of rotatable bonds is 7. The summed E-state index contributed by atoms with van der Waals surface area (Å²) in [7, 11) is 1.66. The molecule has 1 aliphatic rings. The molecule has 7 heteroatoms. The van der Waals surface area contributed by atoms with E-state index in [1.165, 1.54) is 5.56 Å². The zero-order chi connectivity index (χ0) is 23.2. The molecule has 33 heavy (non-hydrogen) atoms. The van der Waals surface area contributed by atoms with E-state index < -0.39 is 0 Å². The van der Waals surface area contributed by atoms with E-state index in [1.54, 1.807) is 7.11 Å². The lowest BCUT2D eigenvalue weighted by Gasteiger charge is -2.36. The Morgan fingerprint density at radius 1 is 0.909 bits per heavy atom. The predicted molar refractivity (Wildman–Crippen MR) is 144 cm³/mol. The molecule has 0 unspecified atom stereocenters. The van der Waals surface area contributed by atoms with Gasteiger partial charge in [0.05, 0.1) is 11.6 Å². The monoisotopic (exact) mass is 588 g/mol. The summed E-state index contributed by atoms with van der Waals surface area (Å²) in [5, 5.41) is 0. The lowest BCUT2D eigenvalue weighted by atomic mass is 10.1. The Bertz CT molecular complexity index is 1090. The van der Waals surface area contributed by atoms with Crippen molar-refractivity contribution in [3.63, 3.8) is 0 Å². The summed E-state index contributed by atoms with van der Waals surface area (Å²) in [5.41, 5.74) is 3.39. The first kappa shape index (κ1) is 24.2. The molecule has 0 aliphatic carbocycles. The lowest BCUT2D eigenvalue weighted by Crippen LogP contribution is -2.48. The minimum Gasteiger partial charge on any atom is -0.493 e. The quantitative estimate of drug-likeness (QED) is 0.302. The Morgan fingerprint density at radius 2 is 1.61 bits per heavy atom. The molecule has 0 aromatic heterocycles. The highest BCUT2D eigenvalue weighted by Gasteiger charge is 2.22. The highest BCUT2D eigenvalue weighted by molar-refractivity contribution is 9.10. The van der Waals surface area contributed by atoms with Crippen LogP contribution in [-0.2, 0) is 13.2 Å². The number of ether oxygens (including phenoxy) is 2. The van der Waals surface area contributed by atoms with Gasteiger partial charge in [-0.1, -0.05) is 70.6 Å². The van der Waals surface area contributed by atoms with E-state index in [1.807, 2.05) is 36.4 Å². The van der Waals surface area contributed by atoms with Gasteiger partial charge in [-0.2, -0.15) is 0 Å². The Balaban J connectivity index is 1.39. The van der Waals surface area contributed by atoms with Crippen molar-refractivity contribution in [2.45, 2.75) is 13.2 Å². The van der Waals surface area contributed by atoms with Crippen molar-refractivity contribution >= 4 is 49.1 Å². The van der Waals surface area contributed by atoms with Gasteiger partial charge in [-0.15, -0.1) is 0 Å². The third-order valence-electron chi connectivity index (χ3n) is 5.68. The van der Waals surface area contributed by atoms with Gasteiger partial charge in [-0.05, 0) is 51.3 Å². The van der Waals surface area contributed by atoms with Crippen LogP contribution in [0.2, 0.25) is 0 Å². The molecule has 0 amide bonds. The van der Waals surface area contributed by atoms with Crippen LogP contribution in [0.5, 0.6) is 11.5 Å². The molecule has 1 heterocycles. The number of hydrogen-bond acceptors (Lipinski definition) is 4. The average Bonchev–Trinajstić information content (AvgIpc) is 2.84.